The van der Waals surface area contributed by atoms with Crippen LogP contribution in [0.1, 0.15) is 55.6 Å². The van der Waals surface area contributed by atoms with Gasteiger partial charge >= 0.3 is 0 Å². The van der Waals surface area contributed by atoms with Crippen LogP contribution in [-0.4, -0.2) is 0 Å². The van der Waals surface area contributed by atoms with E-state index >= 15 is 0 Å². The van der Waals surface area contributed by atoms with Crippen LogP contribution in [0.15, 0.2) is 187 Å². The maximum atomic E-state index is 2.56. The Hall–Kier alpha value is -6.82. The van der Waals surface area contributed by atoms with E-state index in [1.54, 1.807) is 0 Å². The minimum Gasteiger partial charge on any atom is -0.308 e. The molecule has 8 aromatic carbocycles. The Morgan fingerprint density at radius 3 is 1.60 bits per heavy atom. The number of para-hydroxylation sites is 2. The van der Waals surface area contributed by atoms with Crippen molar-refractivity contribution in [2.45, 2.75) is 10.8 Å². The van der Waals surface area contributed by atoms with Crippen molar-refractivity contribution in [3.05, 3.63) is 242 Å². The molecule has 0 radical (unpaired) electrons. The molecule has 4 aliphatic rings. The molecule has 4 heteroatoms. The van der Waals surface area contributed by atoms with Crippen LogP contribution in [0, 0.1) is 0 Å². The molecule has 1 nitrogen and oxygen atoms in total. The fraction of sp³-hybridized carbons (Fsp3) is 0.0345. The number of rotatable bonds is 3. The average molecular weight is 840 g/mol. The largest absolute Gasteiger partial charge is 0.308 e. The van der Waals surface area contributed by atoms with Gasteiger partial charge < -0.3 is 4.90 Å². The van der Waals surface area contributed by atoms with Crippen LogP contribution in [-0.2, 0) is 10.8 Å². The summed E-state index contributed by atoms with van der Waals surface area (Å²) in [5, 5.41) is 10.1. The summed E-state index contributed by atoms with van der Waals surface area (Å²) in [6.45, 7) is 0. The molecule has 0 N–H and O–H groups in total. The fourth-order valence-corrected chi connectivity index (χ4v) is 15.7. The van der Waals surface area contributed by atoms with Crippen LogP contribution in [0.25, 0.3) is 64.0 Å². The van der Waals surface area contributed by atoms with Gasteiger partial charge in [-0.3, -0.25) is 0 Å². The van der Waals surface area contributed by atoms with E-state index in [-0.39, 0.29) is 5.41 Å². The molecule has 0 amide bonds. The van der Waals surface area contributed by atoms with E-state index in [4.69, 9.17) is 0 Å². The number of thiophene rings is 3. The lowest BCUT2D eigenvalue weighted by Crippen LogP contribution is -2.37. The summed E-state index contributed by atoms with van der Waals surface area (Å²) < 4.78 is 2.67. The summed E-state index contributed by atoms with van der Waals surface area (Å²) in [5.41, 5.74) is 18.9. The van der Waals surface area contributed by atoms with E-state index in [0.717, 1.165) is 0 Å². The summed E-state index contributed by atoms with van der Waals surface area (Å²) in [6.07, 6.45) is 4.62. The highest BCUT2D eigenvalue weighted by Gasteiger charge is 2.52. The van der Waals surface area contributed by atoms with Crippen LogP contribution in [0.5, 0.6) is 0 Å². The highest BCUT2D eigenvalue weighted by Crippen LogP contribution is 2.66. The molecule has 11 aromatic rings. The molecule has 3 aromatic heterocycles. The lowest BCUT2D eigenvalue weighted by atomic mass is 9.61. The van der Waals surface area contributed by atoms with Crippen molar-refractivity contribution >= 4 is 94.2 Å². The van der Waals surface area contributed by atoms with Crippen molar-refractivity contribution in [1.82, 2.24) is 0 Å². The van der Waals surface area contributed by atoms with Gasteiger partial charge in [-0.15, -0.1) is 34.0 Å². The number of benzene rings is 8. The Balaban J connectivity index is 1.05. The highest BCUT2D eigenvalue weighted by molar-refractivity contribution is 7.27. The molecule has 1 spiro atoms. The smallest absolute Gasteiger partial charge is 0.0743 e. The number of fused-ring (bicyclic) bond motifs is 15. The second-order valence-corrected chi connectivity index (χ2v) is 19.9. The molecule has 1 aliphatic heterocycles. The first-order valence-corrected chi connectivity index (χ1v) is 23.9. The minimum atomic E-state index is -0.516. The number of hydrogen-bond acceptors (Lipinski definition) is 4. The van der Waals surface area contributed by atoms with Crippen molar-refractivity contribution in [3.8, 4) is 20.9 Å². The SMILES string of the molecule is C1=Cc2ccc3c4c(ccc1c24)-c1c(ccc2c1sc1c(N4c5ccccc5C(c5ccccc5)(c5ccccc5)c5ccccc54)cccc12)C31c2ccsc2-c2sccc21. The van der Waals surface area contributed by atoms with Gasteiger partial charge in [0.05, 0.1) is 32.6 Å². The van der Waals surface area contributed by atoms with E-state index in [2.05, 4.69) is 204 Å². The number of anilines is 3. The maximum Gasteiger partial charge on any atom is 0.0743 e. The quantitative estimate of drug-likeness (QED) is 0.171. The van der Waals surface area contributed by atoms with Crippen molar-refractivity contribution in [1.29, 1.82) is 0 Å². The summed E-state index contributed by atoms with van der Waals surface area (Å²) in [4.78, 5) is 5.41. The standard InChI is InChI=1S/C58H33NS3/c1-3-12-36(13-4-1)57(37-14-5-2-6-15-37)41-17-7-9-19-47(41)59(48-20-10-8-18-42(48)57)49-21-11-16-38-39-27-29-44-52(54(39)62-53(38)49)40-26-24-34-22-23-35-25-28-43(51(40)50(34)35)58(44)45-30-32-60-55(45)56-46(58)31-33-61-56/h1-33H. The summed E-state index contributed by atoms with van der Waals surface area (Å²) in [7, 11) is 0. The molecule has 0 fully saturated rings. The fourth-order valence-electron chi connectivity index (χ4n) is 12.2. The first-order valence-electron chi connectivity index (χ1n) is 21.3. The zero-order valence-electron chi connectivity index (χ0n) is 33.2. The van der Waals surface area contributed by atoms with E-state index in [9.17, 15) is 0 Å². The molecule has 3 aliphatic carbocycles. The number of hydrogen-bond donors (Lipinski definition) is 0. The van der Waals surface area contributed by atoms with Crippen LogP contribution in [0.3, 0.4) is 0 Å². The highest BCUT2D eigenvalue weighted by atomic mass is 32.1. The first kappa shape index (κ1) is 33.8. The van der Waals surface area contributed by atoms with E-state index in [1.807, 2.05) is 34.0 Å². The topological polar surface area (TPSA) is 3.24 Å². The van der Waals surface area contributed by atoms with Gasteiger partial charge in [-0.25, -0.2) is 0 Å². The van der Waals surface area contributed by atoms with E-state index in [1.165, 1.54) is 125 Å². The van der Waals surface area contributed by atoms with Crippen molar-refractivity contribution in [2.75, 3.05) is 4.90 Å². The zero-order valence-corrected chi connectivity index (χ0v) is 35.7. The molecule has 0 bridgehead atoms. The summed E-state index contributed by atoms with van der Waals surface area (Å²) in [6, 6.07) is 66.9. The number of nitrogens with zero attached hydrogens (tertiary/aromatic N) is 1. The molecule has 0 saturated carbocycles. The Bertz CT molecular complexity index is 3630. The molecular formula is C58H33NS3. The van der Waals surface area contributed by atoms with Gasteiger partial charge in [0.2, 0.25) is 0 Å². The lowest BCUT2D eigenvalue weighted by Gasteiger charge is -2.46. The average Bonchev–Trinajstić information content (AvgIpc) is 4.18. The zero-order chi connectivity index (χ0) is 40.3. The second kappa shape index (κ2) is 12.0. The Kier molecular flexibility index (Phi) is 6.53. The maximum absolute atomic E-state index is 2.56. The first-order chi connectivity index (χ1) is 30.8. The minimum absolute atomic E-state index is 0.386. The monoisotopic (exact) mass is 839 g/mol. The Morgan fingerprint density at radius 1 is 0.371 bits per heavy atom. The van der Waals surface area contributed by atoms with Gasteiger partial charge in [-0.1, -0.05) is 158 Å². The molecule has 15 rings (SSSR count). The molecule has 0 unspecified atom stereocenters. The van der Waals surface area contributed by atoms with Crippen LogP contribution >= 0.6 is 34.0 Å². The molecule has 0 saturated heterocycles. The molecule has 288 valence electrons. The lowest BCUT2D eigenvalue weighted by molar-refractivity contribution is 0.731. The Morgan fingerprint density at radius 2 is 0.935 bits per heavy atom. The summed E-state index contributed by atoms with van der Waals surface area (Å²) in [5.74, 6) is 0. The van der Waals surface area contributed by atoms with Crippen molar-refractivity contribution in [3.63, 3.8) is 0 Å². The third-order valence-corrected chi connectivity index (χ3v) is 17.7. The van der Waals surface area contributed by atoms with E-state index < -0.39 is 5.41 Å². The summed E-state index contributed by atoms with van der Waals surface area (Å²) >= 11 is 5.77. The van der Waals surface area contributed by atoms with Crippen molar-refractivity contribution in [2.24, 2.45) is 0 Å². The third-order valence-electron chi connectivity index (χ3n) is 14.5. The molecule has 0 atom stereocenters. The molecule has 62 heavy (non-hydrogen) atoms. The second-order valence-electron chi connectivity index (χ2n) is 17.0. The van der Waals surface area contributed by atoms with E-state index in [0.29, 0.717) is 0 Å². The van der Waals surface area contributed by atoms with Gasteiger partial charge in [0.25, 0.3) is 0 Å². The van der Waals surface area contributed by atoms with Crippen LogP contribution < -0.4 is 4.90 Å². The van der Waals surface area contributed by atoms with Crippen molar-refractivity contribution < 1.29 is 0 Å². The van der Waals surface area contributed by atoms with Gasteiger partial charge in [0.15, 0.2) is 0 Å². The van der Waals surface area contributed by atoms with Crippen LogP contribution in [0.2, 0.25) is 0 Å². The molecule has 4 heterocycles. The normalized spacial score (nSPS) is 15.3. The predicted molar refractivity (Wildman–Crippen MR) is 264 cm³/mol. The third kappa shape index (κ3) is 3.88. The Labute approximate surface area is 370 Å². The predicted octanol–water partition coefficient (Wildman–Crippen LogP) is 16.3. The van der Waals surface area contributed by atoms with Gasteiger partial charge in [0.1, 0.15) is 0 Å². The van der Waals surface area contributed by atoms with Gasteiger partial charge in [-0.2, -0.15) is 0 Å². The van der Waals surface area contributed by atoms with Crippen LogP contribution in [0.4, 0.5) is 17.1 Å². The van der Waals surface area contributed by atoms with Gasteiger partial charge in [0, 0.05) is 30.8 Å². The molecular weight excluding hydrogens is 807 g/mol. The van der Waals surface area contributed by atoms with Gasteiger partial charge in [-0.05, 0) is 113 Å².